The first-order valence-electron chi connectivity index (χ1n) is 3.19. The maximum atomic E-state index is 12.4. The molecule has 0 spiro atoms. The Bertz CT molecular complexity index is 275. The van der Waals surface area contributed by atoms with Gasteiger partial charge in [0.2, 0.25) is 0 Å². The van der Waals surface area contributed by atoms with Crippen LogP contribution in [-0.2, 0) is 0 Å². The average Bonchev–Trinajstić information content (AvgIpc) is 2.05. The first-order chi connectivity index (χ1) is 5.24. The predicted molar refractivity (Wildman–Crippen MR) is 47.7 cm³/mol. The van der Waals surface area contributed by atoms with Crippen molar-refractivity contribution >= 4 is 16.1 Å². The molecule has 0 heterocycles. The van der Waals surface area contributed by atoms with E-state index in [0.29, 0.717) is 0 Å². The molecule has 0 unspecified atom stereocenters. The van der Waals surface area contributed by atoms with Crippen LogP contribution in [0.4, 0.5) is 10.1 Å². The summed E-state index contributed by atoms with van der Waals surface area (Å²) in [6.45, 7) is 0. The Labute approximate surface area is 68.3 Å². The third-order valence-corrected chi connectivity index (χ3v) is 2.18. The molecule has 0 fully saturated rings. The van der Waals surface area contributed by atoms with Gasteiger partial charge in [-0.2, -0.15) is 0 Å². The summed E-state index contributed by atoms with van der Waals surface area (Å²) in [7, 11) is 0.750. The highest BCUT2D eigenvalue weighted by molar-refractivity contribution is 6.19. The Hall–Kier alpha value is -1.27. The molecule has 0 N–H and O–H groups in total. The minimum absolute atomic E-state index is 0.235. The minimum Gasteiger partial charge on any atom is -0.340 e. The van der Waals surface area contributed by atoms with Crippen LogP contribution in [0.1, 0.15) is 0 Å². The van der Waals surface area contributed by atoms with E-state index in [9.17, 15) is 4.39 Å². The fraction of sp³-hybridized carbons (Fsp3) is 0. The van der Waals surface area contributed by atoms with Crippen LogP contribution >= 0.6 is 0 Å². The summed E-state index contributed by atoms with van der Waals surface area (Å²) in [4.78, 5) is 0. The van der Waals surface area contributed by atoms with Crippen LogP contribution in [-0.4, -0.2) is 10.4 Å². The molecule has 0 radical (unpaired) electrons. The smallest absolute Gasteiger partial charge is 0.125 e. The molecule has 0 bridgehead atoms. The summed E-state index contributed by atoms with van der Waals surface area (Å²) in [6, 6.07) is 8.61. The van der Waals surface area contributed by atoms with Crippen molar-refractivity contribution in [2.45, 2.75) is 0 Å². The molecule has 0 aliphatic heterocycles. The summed E-state index contributed by atoms with van der Waals surface area (Å²) in [5, 5.41) is 0. The zero-order valence-electron chi connectivity index (χ0n) is 6.21. The fourth-order valence-electron chi connectivity index (χ4n) is 0.739. The number of nitrogens with zero attached hydrogens (tertiary/aromatic N) is 1. The van der Waals surface area contributed by atoms with Crippen LogP contribution in [0.25, 0.3) is 0 Å². The fourth-order valence-corrected chi connectivity index (χ4v) is 1.04. The van der Waals surface area contributed by atoms with E-state index in [4.69, 9.17) is 6.42 Å². The van der Waals surface area contributed by atoms with Gasteiger partial charge in [0.05, 0.1) is 0 Å². The number of rotatable bonds is 1. The molecule has 0 aromatic heterocycles. The Morgan fingerprint density at radius 1 is 1.36 bits per heavy atom. The molecule has 0 amide bonds. The van der Waals surface area contributed by atoms with Crippen LogP contribution in [0.15, 0.2) is 24.3 Å². The van der Waals surface area contributed by atoms with Gasteiger partial charge in [0.25, 0.3) is 0 Å². The molecule has 0 saturated carbocycles. The Balaban J connectivity index is 2.92. The van der Waals surface area contributed by atoms with E-state index in [1.54, 1.807) is 16.7 Å². The Morgan fingerprint density at radius 3 is 2.36 bits per heavy atom. The Morgan fingerprint density at radius 2 is 1.91 bits per heavy atom. The first-order valence-corrected chi connectivity index (χ1v) is 4.09. The quantitative estimate of drug-likeness (QED) is 0.333. The molecule has 1 aromatic carbocycles. The lowest BCUT2D eigenvalue weighted by Gasteiger charge is -2.09. The summed E-state index contributed by atoms with van der Waals surface area (Å²) in [5.74, 6) is -0.235. The van der Waals surface area contributed by atoms with Gasteiger partial charge in [-0.3, -0.25) is 0 Å². The van der Waals surface area contributed by atoms with Gasteiger partial charge in [-0.1, -0.05) is 6.42 Å². The third kappa shape index (κ3) is 1.82. The van der Waals surface area contributed by atoms with E-state index >= 15 is 0 Å². The van der Waals surface area contributed by atoms with E-state index in [2.05, 4.69) is 6.04 Å². The highest BCUT2D eigenvalue weighted by atomic mass is 28.2. The van der Waals surface area contributed by atoms with Crippen molar-refractivity contribution in [3.63, 3.8) is 0 Å². The van der Waals surface area contributed by atoms with Crippen LogP contribution in [0.5, 0.6) is 0 Å². The standard InChI is InChI=1S/C8H8FNSi/c1-2-10(11)8-5-3-7(9)4-6-8/h1,3-6H,11H3. The number of hydrogen-bond donors (Lipinski definition) is 0. The van der Waals surface area contributed by atoms with E-state index in [1.807, 2.05) is 0 Å². The number of halogens is 1. The predicted octanol–water partition coefficient (Wildman–Crippen LogP) is 0.503. The molecule has 1 nitrogen and oxygen atoms in total. The molecule has 11 heavy (non-hydrogen) atoms. The van der Waals surface area contributed by atoms with Gasteiger partial charge in [-0.15, -0.1) is 0 Å². The van der Waals surface area contributed by atoms with Gasteiger partial charge >= 0.3 is 0 Å². The average molecular weight is 165 g/mol. The van der Waals surface area contributed by atoms with Crippen molar-refractivity contribution in [2.24, 2.45) is 0 Å². The van der Waals surface area contributed by atoms with Crippen molar-refractivity contribution in [3.8, 4) is 12.5 Å². The topological polar surface area (TPSA) is 3.24 Å². The largest absolute Gasteiger partial charge is 0.340 e. The van der Waals surface area contributed by atoms with Crippen LogP contribution < -0.4 is 4.57 Å². The molecular formula is C8H8FNSi. The molecule has 1 aromatic rings. The summed E-state index contributed by atoms with van der Waals surface area (Å²) >= 11 is 0. The number of terminal acetylenes is 1. The molecule has 0 aliphatic carbocycles. The normalized spacial score (nSPS) is 9.09. The number of hydrogen-bond acceptors (Lipinski definition) is 1. The molecule has 0 saturated heterocycles. The van der Waals surface area contributed by atoms with Gasteiger partial charge in [-0.05, 0) is 30.3 Å². The van der Waals surface area contributed by atoms with Gasteiger partial charge in [0.15, 0.2) is 0 Å². The lowest BCUT2D eigenvalue weighted by atomic mass is 10.3. The van der Waals surface area contributed by atoms with E-state index in [0.717, 1.165) is 16.1 Å². The number of benzene rings is 1. The molecule has 1 rings (SSSR count). The monoisotopic (exact) mass is 165 g/mol. The second kappa shape index (κ2) is 3.22. The zero-order chi connectivity index (χ0) is 8.27. The molecule has 3 heteroatoms. The van der Waals surface area contributed by atoms with Crippen LogP contribution in [0.3, 0.4) is 0 Å². The zero-order valence-corrected chi connectivity index (χ0v) is 8.21. The third-order valence-electron chi connectivity index (χ3n) is 1.41. The second-order valence-electron chi connectivity index (χ2n) is 2.16. The van der Waals surface area contributed by atoms with E-state index in [1.165, 1.54) is 12.1 Å². The maximum Gasteiger partial charge on any atom is 0.125 e. The van der Waals surface area contributed by atoms with E-state index < -0.39 is 0 Å². The lowest BCUT2D eigenvalue weighted by Crippen LogP contribution is -2.09. The molecule has 56 valence electrons. The second-order valence-corrected chi connectivity index (χ2v) is 3.06. The van der Waals surface area contributed by atoms with Gasteiger partial charge in [0, 0.05) is 5.69 Å². The Kier molecular flexibility index (Phi) is 2.29. The lowest BCUT2D eigenvalue weighted by molar-refractivity contribution is 0.628. The van der Waals surface area contributed by atoms with Crippen molar-refractivity contribution in [2.75, 3.05) is 4.57 Å². The molecule has 0 aliphatic rings. The van der Waals surface area contributed by atoms with Crippen LogP contribution in [0, 0.1) is 18.3 Å². The summed E-state index contributed by atoms with van der Waals surface area (Å²) in [5.41, 5.74) is 0.876. The highest BCUT2D eigenvalue weighted by Crippen LogP contribution is 2.10. The molecular weight excluding hydrogens is 157 g/mol. The van der Waals surface area contributed by atoms with Crippen LogP contribution in [0.2, 0.25) is 0 Å². The van der Waals surface area contributed by atoms with Crippen molar-refractivity contribution < 1.29 is 4.39 Å². The number of anilines is 1. The first kappa shape index (κ1) is 7.83. The van der Waals surface area contributed by atoms with Gasteiger partial charge in [-0.25, -0.2) is 4.39 Å². The minimum atomic E-state index is -0.235. The SMILES string of the molecule is C#CN([SiH3])c1ccc(F)cc1. The van der Waals surface area contributed by atoms with Crippen molar-refractivity contribution in [1.82, 2.24) is 0 Å². The van der Waals surface area contributed by atoms with Gasteiger partial charge < -0.3 is 4.57 Å². The maximum absolute atomic E-state index is 12.4. The molecule has 0 atom stereocenters. The highest BCUT2D eigenvalue weighted by Gasteiger charge is 1.94. The van der Waals surface area contributed by atoms with Gasteiger partial charge in [0.1, 0.15) is 16.2 Å². The summed E-state index contributed by atoms with van der Waals surface area (Å²) < 4.78 is 14.1. The van der Waals surface area contributed by atoms with Crippen molar-refractivity contribution in [3.05, 3.63) is 30.1 Å². The van der Waals surface area contributed by atoms with E-state index in [-0.39, 0.29) is 5.82 Å². The van der Waals surface area contributed by atoms with Crippen molar-refractivity contribution in [1.29, 1.82) is 0 Å². The summed E-state index contributed by atoms with van der Waals surface area (Å²) in [6.07, 6.45) is 5.16.